The lowest BCUT2D eigenvalue weighted by atomic mass is 10.1. The lowest BCUT2D eigenvalue weighted by Crippen LogP contribution is -2.35. The summed E-state index contributed by atoms with van der Waals surface area (Å²) in [6.07, 6.45) is 1.79. The largest absolute Gasteiger partial charge is 0.361 e. The highest BCUT2D eigenvalue weighted by Crippen LogP contribution is 2.15. The third-order valence-electron chi connectivity index (χ3n) is 3.09. The van der Waals surface area contributed by atoms with E-state index in [1.54, 1.807) is 0 Å². The molecule has 2 heterocycles. The molecule has 0 aromatic carbocycles. The lowest BCUT2D eigenvalue weighted by molar-refractivity contribution is 0.380. The van der Waals surface area contributed by atoms with Gasteiger partial charge >= 0.3 is 0 Å². The van der Waals surface area contributed by atoms with E-state index in [-0.39, 0.29) is 24.0 Å². The standard InChI is InChI=1S/C12H20N4O.HI/c1-4-10-9(11(5-2)17-15-10)8-14-12-13-6-7-16(12)3;/h4-8H2,1-3H3,(H,13,14);1H. The third-order valence-corrected chi connectivity index (χ3v) is 3.09. The molecule has 1 aromatic heterocycles. The first kappa shape index (κ1) is 15.3. The Hall–Kier alpha value is -0.790. The molecule has 5 nitrogen and oxygen atoms in total. The van der Waals surface area contributed by atoms with Gasteiger partial charge in [-0.25, -0.2) is 0 Å². The van der Waals surface area contributed by atoms with Crippen molar-refractivity contribution < 1.29 is 4.52 Å². The molecule has 1 N–H and O–H groups in total. The van der Waals surface area contributed by atoms with Crippen molar-refractivity contribution in [2.24, 2.45) is 4.99 Å². The minimum atomic E-state index is 0. The number of likely N-dealkylation sites (N-methyl/N-ethyl adjacent to an activating group) is 1. The monoisotopic (exact) mass is 364 g/mol. The van der Waals surface area contributed by atoms with Gasteiger partial charge in [-0.15, -0.1) is 24.0 Å². The Morgan fingerprint density at radius 2 is 2.11 bits per heavy atom. The number of guanidine groups is 1. The number of aliphatic imine (C=N–C) groups is 1. The maximum atomic E-state index is 5.33. The molecule has 1 aliphatic rings. The summed E-state index contributed by atoms with van der Waals surface area (Å²) in [4.78, 5) is 6.54. The molecule has 6 heteroatoms. The number of aromatic nitrogens is 1. The van der Waals surface area contributed by atoms with Crippen LogP contribution in [0.25, 0.3) is 0 Å². The van der Waals surface area contributed by atoms with Crippen LogP contribution in [0.4, 0.5) is 0 Å². The van der Waals surface area contributed by atoms with Gasteiger partial charge in [0, 0.05) is 32.1 Å². The topological polar surface area (TPSA) is 53.7 Å². The van der Waals surface area contributed by atoms with Crippen LogP contribution in [-0.4, -0.2) is 36.2 Å². The zero-order valence-corrected chi connectivity index (χ0v) is 13.5. The van der Waals surface area contributed by atoms with Crippen molar-refractivity contribution in [2.75, 3.05) is 20.1 Å². The quantitative estimate of drug-likeness (QED) is 0.828. The fraction of sp³-hybridized carbons (Fsp3) is 0.667. The van der Waals surface area contributed by atoms with Gasteiger partial charge < -0.3 is 14.7 Å². The summed E-state index contributed by atoms with van der Waals surface area (Å²) in [5.74, 6) is 1.95. The Morgan fingerprint density at radius 1 is 1.33 bits per heavy atom. The molecule has 0 aliphatic carbocycles. The van der Waals surface area contributed by atoms with Crippen LogP contribution in [0.3, 0.4) is 0 Å². The van der Waals surface area contributed by atoms with Crippen molar-refractivity contribution in [1.82, 2.24) is 15.4 Å². The van der Waals surface area contributed by atoms with Crippen molar-refractivity contribution >= 4 is 29.9 Å². The second kappa shape index (κ2) is 6.96. The lowest BCUT2D eigenvalue weighted by Gasteiger charge is -2.15. The fourth-order valence-corrected chi connectivity index (χ4v) is 2.03. The van der Waals surface area contributed by atoms with Crippen molar-refractivity contribution in [1.29, 1.82) is 0 Å². The van der Waals surface area contributed by atoms with Gasteiger partial charge in [0.1, 0.15) is 5.76 Å². The summed E-state index contributed by atoms with van der Waals surface area (Å²) < 4.78 is 5.33. The average Bonchev–Trinajstić information content (AvgIpc) is 2.92. The smallest absolute Gasteiger partial charge is 0.194 e. The fourth-order valence-electron chi connectivity index (χ4n) is 2.03. The highest BCUT2D eigenvalue weighted by atomic mass is 127. The van der Waals surface area contributed by atoms with E-state index in [2.05, 4.69) is 34.2 Å². The molecule has 1 aliphatic heterocycles. The Bertz CT molecular complexity index is 395. The summed E-state index contributed by atoms with van der Waals surface area (Å²) in [5, 5.41) is 7.46. The number of nitrogens with zero attached hydrogens (tertiary/aromatic N) is 3. The predicted octanol–water partition coefficient (Wildman–Crippen LogP) is 1.81. The average molecular weight is 364 g/mol. The van der Waals surface area contributed by atoms with Crippen molar-refractivity contribution in [3.05, 3.63) is 17.0 Å². The van der Waals surface area contributed by atoms with E-state index in [0.717, 1.165) is 49.9 Å². The molecule has 1 aromatic rings. The van der Waals surface area contributed by atoms with Gasteiger partial charge in [0.25, 0.3) is 0 Å². The number of nitrogens with one attached hydrogen (secondary N) is 1. The summed E-state index contributed by atoms with van der Waals surface area (Å²) in [6, 6.07) is 0. The molecule has 0 spiro atoms. The van der Waals surface area contributed by atoms with Gasteiger partial charge in [-0.2, -0.15) is 0 Å². The molecule has 0 amide bonds. The SMILES string of the molecule is CCc1noc(CC)c1CNC1=NCCN1C.I. The predicted molar refractivity (Wildman–Crippen MR) is 82.4 cm³/mol. The molecular weight excluding hydrogens is 343 g/mol. The minimum absolute atomic E-state index is 0. The van der Waals surface area contributed by atoms with Crippen molar-refractivity contribution in [2.45, 2.75) is 33.2 Å². The third kappa shape index (κ3) is 3.15. The van der Waals surface area contributed by atoms with Crippen LogP contribution >= 0.6 is 24.0 Å². The van der Waals surface area contributed by atoms with Gasteiger partial charge in [0.05, 0.1) is 12.2 Å². The van der Waals surface area contributed by atoms with Gasteiger partial charge in [-0.05, 0) is 6.42 Å². The Labute approximate surface area is 125 Å². The maximum Gasteiger partial charge on any atom is 0.194 e. The molecule has 18 heavy (non-hydrogen) atoms. The summed E-state index contributed by atoms with van der Waals surface area (Å²) in [6.45, 7) is 6.80. The zero-order valence-electron chi connectivity index (χ0n) is 11.2. The molecule has 102 valence electrons. The molecule has 0 radical (unpaired) electrons. The van der Waals surface area contributed by atoms with Gasteiger partial charge in [0.15, 0.2) is 5.96 Å². The van der Waals surface area contributed by atoms with E-state index in [1.165, 1.54) is 5.56 Å². The van der Waals surface area contributed by atoms with Crippen LogP contribution in [0.1, 0.15) is 30.9 Å². The molecule has 0 saturated carbocycles. The van der Waals surface area contributed by atoms with Crippen LogP contribution in [0.15, 0.2) is 9.52 Å². The zero-order chi connectivity index (χ0) is 12.3. The van der Waals surface area contributed by atoms with E-state index in [0.29, 0.717) is 0 Å². The summed E-state index contributed by atoms with van der Waals surface area (Å²) >= 11 is 0. The number of halogens is 1. The summed E-state index contributed by atoms with van der Waals surface area (Å²) in [5.41, 5.74) is 2.24. The first-order chi connectivity index (χ1) is 8.26. The molecule has 0 unspecified atom stereocenters. The van der Waals surface area contributed by atoms with E-state index >= 15 is 0 Å². The van der Waals surface area contributed by atoms with Crippen LogP contribution in [0.2, 0.25) is 0 Å². The molecule has 0 atom stereocenters. The second-order valence-corrected chi connectivity index (χ2v) is 4.22. The molecule has 2 rings (SSSR count). The Kier molecular flexibility index (Phi) is 5.90. The normalized spacial score (nSPS) is 14.4. The second-order valence-electron chi connectivity index (χ2n) is 4.22. The number of hydrogen-bond donors (Lipinski definition) is 1. The van der Waals surface area contributed by atoms with E-state index in [1.807, 2.05) is 7.05 Å². The van der Waals surface area contributed by atoms with Gasteiger partial charge in [0.2, 0.25) is 0 Å². The van der Waals surface area contributed by atoms with E-state index < -0.39 is 0 Å². The van der Waals surface area contributed by atoms with Gasteiger partial charge in [-0.3, -0.25) is 4.99 Å². The summed E-state index contributed by atoms with van der Waals surface area (Å²) in [7, 11) is 2.05. The maximum absolute atomic E-state index is 5.33. The van der Waals surface area contributed by atoms with Gasteiger partial charge in [-0.1, -0.05) is 19.0 Å². The molecule has 0 saturated heterocycles. The molecule has 0 fully saturated rings. The first-order valence-electron chi connectivity index (χ1n) is 6.22. The van der Waals surface area contributed by atoms with Crippen LogP contribution in [0.5, 0.6) is 0 Å². The molecular formula is C12H21IN4O. The van der Waals surface area contributed by atoms with E-state index in [9.17, 15) is 0 Å². The molecule has 0 bridgehead atoms. The number of aryl methyl sites for hydroxylation is 2. The highest BCUT2D eigenvalue weighted by molar-refractivity contribution is 14.0. The van der Waals surface area contributed by atoms with Crippen LogP contribution < -0.4 is 5.32 Å². The van der Waals surface area contributed by atoms with Crippen LogP contribution in [-0.2, 0) is 19.4 Å². The number of rotatable bonds is 4. The van der Waals surface area contributed by atoms with Crippen molar-refractivity contribution in [3.8, 4) is 0 Å². The van der Waals surface area contributed by atoms with E-state index in [4.69, 9.17) is 4.52 Å². The Balaban J connectivity index is 0.00000162. The highest BCUT2D eigenvalue weighted by Gasteiger charge is 2.16. The Morgan fingerprint density at radius 3 is 2.67 bits per heavy atom. The minimum Gasteiger partial charge on any atom is -0.361 e. The number of hydrogen-bond acceptors (Lipinski definition) is 5. The van der Waals surface area contributed by atoms with Crippen molar-refractivity contribution in [3.63, 3.8) is 0 Å². The first-order valence-corrected chi connectivity index (χ1v) is 6.22. The van der Waals surface area contributed by atoms with Crippen LogP contribution in [0, 0.1) is 0 Å².